The van der Waals surface area contributed by atoms with Gasteiger partial charge >= 0.3 is 0 Å². The number of nitrogens with zero attached hydrogens (tertiary/aromatic N) is 2. The van der Waals surface area contributed by atoms with Crippen molar-refractivity contribution in [2.45, 2.75) is 31.5 Å². The van der Waals surface area contributed by atoms with E-state index in [0.29, 0.717) is 50.8 Å². The average Bonchev–Trinajstić information content (AvgIpc) is 2.61. The van der Waals surface area contributed by atoms with Gasteiger partial charge < -0.3 is 19.3 Å². The lowest BCUT2D eigenvalue weighted by Gasteiger charge is -2.28. The number of methoxy groups -OCH3 is 1. The second-order valence-corrected chi connectivity index (χ2v) is 5.77. The van der Waals surface area contributed by atoms with Crippen molar-refractivity contribution in [3.63, 3.8) is 0 Å². The maximum atomic E-state index is 14.7. The summed E-state index contributed by atoms with van der Waals surface area (Å²) in [6.07, 6.45) is 4.64. The highest BCUT2D eigenvalue weighted by molar-refractivity contribution is 5.61. The molecule has 0 saturated carbocycles. The molecule has 1 aliphatic carbocycles. The van der Waals surface area contributed by atoms with E-state index in [2.05, 4.69) is 9.97 Å². The highest BCUT2D eigenvalue weighted by Gasteiger charge is 2.32. The molecule has 6 nitrogen and oxygen atoms in total. The third kappa shape index (κ3) is 5.90. The summed E-state index contributed by atoms with van der Waals surface area (Å²) >= 11 is 0. The van der Waals surface area contributed by atoms with Crippen LogP contribution in [-0.4, -0.2) is 60.9 Å². The maximum Gasteiger partial charge on any atom is 0.155 e. The molecule has 0 fully saturated rings. The van der Waals surface area contributed by atoms with Gasteiger partial charge in [0.25, 0.3) is 0 Å². The minimum Gasteiger partial charge on any atom is -0.390 e. The quantitative estimate of drug-likeness (QED) is 0.656. The van der Waals surface area contributed by atoms with Crippen LogP contribution in [-0.2, 0) is 20.8 Å². The Hall–Kier alpha value is -1.41. The molecule has 1 aromatic rings. The predicted molar refractivity (Wildman–Crippen MR) is 87.1 cm³/mol. The zero-order chi connectivity index (χ0) is 17.3. The molecule has 1 heterocycles. The average molecular weight is 340 g/mol. The first-order chi connectivity index (χ1) is 11.7. The molecule has 0 amide bonds. The zero-order valence-corrected chi connectivity index (χ0v) is 14.0. The molecule has 2 rings (SSSR count). The second-order valence-electron chi connectivity index (χ2n) is 5.77. The van der Waals surface area contributed by atoms with Crippen LogP contribution >= 0.6 is 0 Å². The van der Waals surface area contributed by atoms with Crippen molar-refractivity contribution in [1.29, 1.82) is 0 Å². The van der Waals surface area contributed by atoms with Crippen LogP contribution in [0.15, 0.2) is 18.3 Å². The standard InChI is InChI=1S/C17H25FN2O4/c1-22-8-9-23-10-11-24-13-17(18)5-2-14(3-6-17)16-19-7-4-15(12-21)20-16/h2,4,7,21H,3,5-6,8-13H2,1H3/t17-/m0/s1. The van der Waals surface area contributed by atoms with E-state index in [1.54, 1.807) is 19.4 Å². The maximum absolute atomic E-state index is 14.7. The van der Waals surface area contributed by atoms with Crippen molar-refractivity contribution in [2.24, 2.45) is 0 Å². The van der Waals surface area contributed by atoms with Crippen LogP contribution in [0.3, 0.4) is 0 Å². The fourth-order valence-electron chi connectivity index (χ4n) is 2.46. The molecular formula is C17H25FN2O4. The number of halogens is 1. The minimum absolute atomic E-state index is 0.0575. The Bertz CT molecular complexity index is 541. The fourth-order valence-corrected chi connectivity index (χ4v) is 2.46. The zero-order valence-electron chi connectivity index (χ0n) is 14.0. The Balaban J connectivity index is 1.76. The molecule has 0 radical (unpaired) electrons. The van der Waals surface area contributed by atoms with Crippen LogP contribution < -0.4 is 0 Å². The molecule has 134 valence electrons. The van der Waals surface area contributed by atoms with Gasteiger partial charge in [0.15, 0.2) is 5.82 Å². The van der Waals surface area contributed by atoms with Crippen LogP contribution in [0.5, 0.6) is 0 Å². The summed E-state index contributed by atoms with van der Waals surface area (Å²) in [5.74, 6) is 0.566. The van der Waals surface area contributed by atoms with Gasteiger partial charge in [-0.25, -0.2) is 14.4 Å². The summed E-state index contributed by atoms with van der Waals surface area (Å²) in [6.45, 7) is 1.79. The lowest BCUT2D eigenvalue weighted by atomic mass is 9.87. The van der Waals surface area contributed by atoms with Gasteiger partial charge in [0.05, 0.1) is 45.3 Å². The summed E-state index contributed by atoms with van der Waals surface area (Å²) in [4.78, 5) is 8.46. The number of ether oxygens (including phenoxy) is 3. The number of aliphatic hydroxyl groups is 1. The van der Waals surface area contributed by atoms with E-state index in [1.807, 2.05) is 6.08 Å². The van der Waals surface area contributed by atoms with Gasteiger partial charge in [-0.2, -0.15) is 0 Å². The van der Waals surface area contributed by atoms with Gasteiger partial charge in [-0.05, 0) is 24.5 Å². The molecule has 1 atom stereocenters. The van der Waals surface area contributed by atoms with Crippen molar-refractivity contribution < 1.29 is 23.7 Å². The Morgan fingerprint density at radius 1 is 1.25 bits per heavy atom. The molecule has 0 unspecified atom stereocenters. The Kier molecular flexibility index (Phi) is 7.71. The third-order valence-electron chi connectivity index (χ3n) is 3.88. The van der Waals surface area contributed by atoms with Gasteiger partial charge in [-0.3, -0.25) is 0 Å². The van der Waals surface area contributed by atoms with E-state index >= 15 is 0 Å². The second kappa shape index (κ2) is 9.78. The monoisotopic (exact) mass is 340 g/mol. The summed E-state index contributed by atoms with van der Waals surface area (Å²) in [5, 5.41) is 9.13. The smallest absolute Gasteiger partial charge is 0.155 e. The number of rotatable bonds is 10. The molecular weight excluding hydrogens is 315 g/mol. The van der Waals surface area contributed by atoms with E-state index in [4.69, 9.17) is 19.3 Å². The SMILES string of the molecule is COCCOCCOC[C@]1(F)CC=C(c2nccc(CO)n2)CC1. The molecule has 0 aromatic carbocycles. The number of hydrogen-bond acceptors (Lipinski definition) is 6. The van der Waals surface area contributed by atoms with E-state index in [9.17, 15) is 4.39 Å². The van der Waals surface area contributed by atoms with Crippen molar-refractivity contribution in [1.82, 2.24) is 9.97 Å². The first kappa shape index (κ1) is 18.9. The number of hydrogen-bond donors (Lipinski definition) is 1. The van der Waals surface area contributed by atoms with Crippen LogP contribution in [0.4, 0.5) is 4.39 Å². The van der Waals surface area contributed by atoms with E-state index in [0.717, 1.165) is 5.57 Å². The number of alkyl halides is 1. The van der Waals surface area contributed by atoms with Gasteiger partial charge in [-0.1, -0.05) is 6.08 Å². The first-order valence-corrected chi connectivity index (χ1v) is 8.12. The molecule has 24 heavy (non-hydrogen) atoms. The molecule has 1 aliphatic rings. The van der Waals surface area contributed by atoms with Crippen LogP contribution in [0.25, 0.3) is 5.57 Å². The highest BCUT2D eigenvalue weighted by atomic mass is 19.1. The highest BCUT2D eigenvalue weighted by Crippen LogP contribution is 2.34. The third-order valence-corrected chi connectivity index (χ3v) is 3.88. The topological polar surface area (TPSA) is 73.7 Å². The van der Waals surface area contributed by atoms with E-state index < -0.39 is 5.67 Å². The number of aromatic nitrogens is 2. The van der Waals surface area contributed by atoms with Gasteiger partial charge in [0.1, 0.15) is 5.67 Å². The van der Waals surface area contributed by atoms with Crippen LogP contribution in [0, 0.1) is 0 Å². The first-order valence-electron chi connectivity index (χ1n) is 8.12. The molecule has 1 aromatic heterocycles. The largest absolute Gasteiger partial charge is 0.390 e. The molecule has 0 aliphatic heterocycles. The Morgan fingerprint density at radius 3 is 2.75 bits per heavy atom. The summed E-state index contributed by atoms with van der Waals surface area (Å²) in [7, 11) is 1.61. The van der Waals surface area contributed by atoms with Crippen molar-refractivity contribution in [3.8, 4) is 0 Å². The molecule has 7 heteroatoms. The van der Waals surface area contributed by atoms with Crippen molar-refractivity contribution in [2.75, 3.05) is 40.1 Å². The normalized spacial score (nSPS) is 20.9. The summed E-state index contributed by atoms with van der Waals surface area (Å²) in [5.41, 5.74) is 0.126. The molecule has 1 N–H and O–H groups in total. The van der Waals surface area contributed by atoms with Gasteiger partial charge in [0.2, 0.25) is 0 Å². The predicted octanol–water partition coefficient (Wildman–Crippen LogP) is 1.92. The van der Waals surface area contributed by atoms with Crippen LogP contribution in [0.2, 0.25) is 0 Å². The molecule has 0 spiro atoms. The van der Waals surface area contributed by atoms with Crippen molar-refractivity contribution in [3.05, 3.63) is 29.9 Å². The lowest BCUT2D eigenvalue weighted by Crippen LogP contribution is -2.32. The van der Waals surface area contributed by atoms with Crippen molar-refractivity contribution >= 4 is 5.57 Å². The number of aliphatic hydroxyl groups excluding tert-OH is 1. The number of allylic oxidation sites excluding steroid dienone is 2. The fraction of sp³-hybridized carbons (Fsp3) is 0.647. The molecule has 0 saturated heterocycles. The van der Waals surface area contributed by atoms with Gasteiger partial charge in [0, 0.05) is 19.7 Å². The molecule has 0 bridgehead atoms. The van der Waals surface area contributed by atoms with E-state index in [1.165, 1.54) is 0 Å². The Morgan fingerprint density at radius 2 is 2.04 bits per heavy atom. The van der Waals surface area contributed by atoms with Crippen LogP contribution in [0.1, 0.15) is 30.8 Å². The van der Waals surface area contributed by atoms with Gasteiger partial charge in [-0.15, -0.1) is 0 Å². The van der Waals surface area contributed by atoms with E-state index in [-0.39, 0.29) is 19.6 Å². The summed E-state index contributed by atoms with van der Waals surface area (Å²) in [6, 6.07) is 1.66. The Labute approximate surface area is 141 Å². The minimum atomic E-state index is -1.36. The summed E-state index contributed by atoms with van der Waals surface area (Å²) < 4.78 is 30.3. The lowest BCUT2D eigenvalue weighted by molar-refractivity contribution is -0.0213.